The van der Waals surface area contributed by atoms with Crippen LogP contribution in [0.5, 0.6) is 0 Å². The van der Waals surface area contributed by atoms with Crippen molar-refractivity contribution in [1.29, 1.82) is 0 Å². The molecule has 0 heterocycles. The molecule has 0 aromatic heterocycles. The Labute approximate surface area is 549 Å². The first-order valence-corrected chi connectivity index (χ1v) is 39.8. The van der Waals surface area contributed by atoms with E-state index in [0.29, 0.717) is 25.7 Å². The van der Waals surface area contributed by atoms with Gasteiger partial charge in [-0.3, -0.25) is 37.3 Å². The van der Waals surface area contributed by atoms with Crippen LogP contribution in [0.3, 0.4) is 0 Å². The van der Waals surface area contributed by atoms with Gasteiger partial charge >= 0.3 is 39.5 Å². The molecule has 0 bridgehead atoms. The molecule has 8 atom stereocenters. The fourth-order valence-electron chi connectivity index (χ4n) is 10.6. The van der Waals surface area contributed by atoms with E-state index in [9.17, 15) is 43.2 Å². The maximum atomic E-state index is 13.0. The first kappa shape index (κ1) is 88.1. The van der Waals surface area contributed by atoms with E-state index in [-0.39, 0.29) is 25.7 Å². The summed E-state index contributed by atoms with van der Waals surface area (Å²) in [5.74, 6) is 0.945. The van der Waals surface area contributed by atoms with Crippen LogP contribution in [0, 0.1) is 23.7 Å². The summed E-state index contributed by atoms with van der Waals surface area (Å²) in [5.41, 5.74) is 0. The van der Waals surface area contributed by atoms with E-state index >= 15 is 0 Å². The number of carbonyl (C=O) groups is 4. The SMILES string of the molecule is CCC(C)CCCCCCCCCCCCC(=O)O[C@H](COC(=O)CCCCCCCCC(C)CC)COP(=O)(O)OC[C@H](O)COP(=O)(O)OC[C@@H](COC(=O)CCCCCCCCCCCCCC(C)C)OC(=O)CCCCCCCCCCC(C)CC. The highest BCUT2D eigenvalue weighted by Crippen LogP contribution is 2.45. The summed E-state index contributed by atoms with van der Waals surface area (Å²) >= 11 is 0. The monoisotopic (exact) mass is 1320 g/mol. The minimum absolute atomic E-state index is 0.104. The Morgan fingerprint density at radius 2 is 0.533 bits per heavy atom. The molecule has 0 saturated carbocycles. The molecule has 0 spiro atoms. The number of rotatable bonds is 68. The van der Waals surface area contributed by atoms with Crippen LogP contribution < -0.4 is 0 Å². The molecule has 0 aromatic rings. The molecule has 90 heavy (non-hydrogen) atoms. The van der Waals surface area contributed by atoms with E-state index in [2.05, 4.69) is 55.4 Å². The number of phosphoric ester groups is 2. The third-order valence-corrected chi connectivity index (χ3v) is 19.3. The van der Waals surface area contributed by atoms with Crippen molar-refractivity contribution in [2.75, 3.05) is 39.6 Å². The molecular formula is C71H138O17P2. The lowest BCUT2D eigenvalue weighted by Gasteiger charge is -2.21. The normalized spacial score (nSPS) is 15.2. The highest BCUT2D eigenvalue weighted by Gasteiger charge is 2.30. The molecule has 3 N–H and O–H groups in total. The average Bonchev–Trinajstić information content (AvgIpc) is 2.94. The number of hydrogen-bond donors (Lipinski definition) is 3. The molecule has 5 unspecified atom stereocenters. The molecule has 0 aliphatic rings. The van der Waals surface area contributed by atoms with E-state index in [1.54, 1.807) is 0 Å². The van der Waals surface area contributed by atoms with Gasteiger partial charge < -0.3 is 33.8 Å². The van der Waals surface area contributed by atoms with Gasteiger partial charge in [0.15, 0.2) is 12.2 Å². The first-order chi connectivity index (χ1) is 43.2. The van der Waals surface area contributed by atoms with Crippen molar-refractivity contribution in [1.82, 2.24) is 0 Å². The van der Waals surface area contributed by atoms with Crippen LogP contribution in [-0.2, 0) is 65.4 Å². The predicted molar refractivity (Wildman–Crippen MR) is 363 cm³/mol. The van der Waals surface area contributed by atoms with Crippen molar-refractivity contribution in [3.8, 4) is 0 Å². The molecule has 19 heteroatoms. The van der Waals surface area contributed by atoms with Crippen molar-refractivity contribution in [2.24, 2.45) is 23.7 Å². The van der Waals surface area contributed by atoms with Crippen molar-refractivity contribution >= 4 is 39.5 Å². The average molecular weight is 1330 g/mol. The largest absolute Gasteiger partial charge is 0.472 e. The lowest BCUT2D eigenvalue weighted by Crippen LogP contribution is -2.30. The van der Waals surface area contributed by atoms with Crippen molar-refractivity contribution in [3.05, 3.63) is 0 Å². The van der Waals surface area contributed by atoms with Crippen LogP contribution in [0.15, 0.2) is 0 Å². The highest BCUT2D eigenvalue weighted by molar-refractivity contribution is 7.47. The molecule has 534 valence electrons. The molecule has 17 nitrogen and oxygen atoms in total. The van der Waals surface area contributed by atoms with Gasteiger partial charge in [-0.1, -0.05) is 299 Å². The van der Waals surface area contributed by atoms with Crippen molar-refractivity contribution in [2.45, 2.75) is 369 Å². The van der Waals surface area contributed by atoms with Crippen LogP contribution in [0.4, 0.5) is 0 Å². The van der Waals surface area contributed by atoms with Gasteiger partial charge in [0.2, 0.25) is 0 Å². The third-order valence-electron chi connectivity index (χ3n) is 17.4. The Bertz CT molecular complexity index is 1790. The lowest BCUT2D eigenvalue weighted by atomic mass is 9.99. The predicted octanol–water partition coefficient (Wildman–Crippen LogP) is 20.1. The van der Waals surface area contributed by atoms with E-state index < -0.39 is 97.5 Å². The van der Waals surface area contributed by atoms with Crippen LogP contribution in [0.2, 0.25) is 0 Å². The summed E-state index contributed by atoms with van der Waals surface area (Å²) in [6.07, 6.45) is 42.9. The number of ether oxygens (including phenoxy) is 4. The van der Waals surface area contributed by atoms with Gasteiger partial charge in [0.05, 0.1) is 26.4 Å². The Hall–Kier alpha value is -1.94. The summed E-state index contributed by atoms with van der Waals surface area (Å²) in [6, 6.07) is 0. The zero-order valence-electron chi connectivity index (χ0n) is 58.8. The Kier molecular flexibility index (Phi) is 59.4. The fraction of sp³-hybridized carbons (Fsp3) is 0.944. The first-order valence-electron chi connectivity index (χ1n) is 36.8. The second-order valence-electron chi connectivity index (χ2n) is 26.8. The molecular weight excluding hydrogens is 1190 g/mol. The molecule has 0 aliphatic heterocycles. The maximum Gasteiger partial charge on any atom is 0.472 e. The van der Waals surface area contributed by atoms with Gasteiger partial charge in [-0.2, -0.15) is 0 Å². The summed E-state index contributed by atoms with van der Waals surface area (Å²) in [5, 5.41) is 10.6. The molecule has 0 fully saturated rings. The van der Waals surface area contributed by atoms with Crippen LogP contribution in [0.25, 0.3) is 0 Å². The number of phosphoric acid groups is 2. The van der Waals surface area contributed by atoms with Crippen molar-refractivity contribution < 1.29 is 80.2 Å². The minimum Gasteiger partial charge on any atom is -0.462 e. The molecule has 0 aliphatic carbocycles. The highest BCUT2D eigenvalue weighted by atomic mass is 31.2. The number of carbonyl (C=O) groups excluding carboxylic acids is 4. The van der Waals surface area contributed by atoms with Gasteiger partial charge in [-0.05, 0) is 49.4 Å². The number of aliphatic hydroxyl groups excluding tert-OH is 1. The minimum atomic E-state index is -4.95. The van der Waals surface area contributed by atoms with Gasteiger partial charge in [0.25, 0.3) is 0 Å². The summed E-state index contributed by atoms with van der Waals surface area (Å²) in [4.78, 5) is 72.6. The van der Waals surface area contributed by atoms with E-state index in [4.69, 9.17) is 37.0 Å². The van der Waals surface area contributed by atoms with Gasteiger partial charge in [0.1, 0.15) is 19.3 Å². The van der Waals surface area contributed by atoms with E-state index in [1.165, 1.54) is 148 Å². The van der Waals surface area contributed by atoms with E-state index in [0.717, 1.165) is 120 Å². The van der Waals surface area contributed by atoms with Crippen LogP contribution >= 0.6 is 15.6 Å². The van der Waals surface area contributed by atoms with E-state index in [1.807, 2.05) is 0 Å². The zero-order valence-corrected chi connectivity index (χ0v) is 60.6. The molecule has 0 rings (SSSR count). The number of unbranched alkanes of at least 4 members (excludes halogenated alkanes) is 31. The summed E-state index contributed by atoms with van der Waals surface area (Å²) in [6.45, 7) is 14.1. The van der Waals surface area contributed by atoms with Gasteiger partial charge in [-0.25, -0.2) is 9.13 Å². The molecule has 0 saturated heterocycles. The molecule has 0 aromatic carbocycles. The van der Waals surface area contributed by atoms with Crippen LogP contribution in [-0.4, -0.2) is 96.7 Å². The van der Waals surface area contributed by atoms with Gasteiger partial charge in [0, 0.05) is 25.7 Å². The quantitative estimate of drug-likeness (QED) is 0.0222. The Balaban J connectivity index is 5.27. The van der Waals surface area contributed by atoms with Crippen molar-refractivity contribution in [3.63, 3.8) is 0 Å². The van der Waals surface area contributed by atoms with Gasteiger partial charge in [-0.15, -0.1) is 0 Å². The second-order valence-corrected chi connectivity index (χ2v) is 29.7. The lowest BCUT2D eigenvalue weighted by molar-refractivity contribution is -0.161. The maximum absolute atomic E-state index is 13.0. The second kappa shape index (κ2) is 60.7. The standard InChI is InChI=1S/C71H138O17P2/c1-9-62(6)48-40-32-24-18-15-16-20-27-37-45-53-70(75)87-67(58-82-69(74)52-44-36-30-29-34-42-50-64(8)11-3)60-86-90(79,80)84-56-65(72)55-83-89(77,78)85-59-66(88-71(76)54-46-38-28-22-21-25-33-41-49-63(7)10-2)57-81-68(73)51-43-35-26-19-14-12-13-17-23-31-39-47-61(4)5/h61-67,72H,9-60H2,1-8H3,(H,77,78)(H,79,80)/t62?,63?,64?,65-,66-,67-/m1/s1. The topological polar surface area (TPSA) is 237 Å². The molecule has 0 radical (unpaired) electrons. The zero-order chi connectivity index (χ0) is 66.8. The number of esters is 4. The number of aliphatic hydroxyl groups is 1. The molecule has 0 amide bonds. The van der Waals surface area contributed by atoms with Crippen LogP contribution in [0.1, 0.15) is 351 Å². The Morgan fingerprint density at radius 3 is 0.789 bits per heavy atom. The third kappa shape index (κ3) is 61.0. The summed E-state index contributed by atoms with van der Waals surface area (Å²) in [7, 11) is -9.91. The summed E-state index contributed by atoms with van der Waals surface area (Å²) < 4.78 is 68.3. The fourth-order valence-corrected chi connectivity index (χ4v) is 12.1. The Morgan fingerprint density at radius 1 is 0.311 bits per heavy atom. The smallest absolute Gasteiger partial charge is 0.462 e. The number of hydrogen-bond acceptors (Lipinski definition) is 15.